The van der Waals surface area contributed by atoms with E-state index < -0.39 is 5.41 Å². The van der Waals surface area contributed by atoms with Crippen molar-refractivity contribution >= 4 is 44.7 Å². The van der Waals surface area contributed by atoms with Crippen LogP contribution in [0, 0.1) is 12.1 Å². The molecular formula is C58H44N2. The molecule has 60 heavy (non-hydrogen) atoms. The lowest BCUT2D eigenvalue weighted by molar-refractivity contribution is 0.582. The number of hydrogen-bond donors (Lipinski definition) is 0. The molecule has 0 N–H and O–H groups in total. The molecule has 0 saturated carbocycles. The molecule has 12 rings (SSSR count). The van der Waals surface area contributed by atoms with Crippen LogP contribution >= 0.6 is 0 Å². The lowest BCUT2D eigenvalue weighted by atomic mass is 9.66. The van der Waals surface area contributed by atoms with Gasteiger partial charge in [-0.05, 0) is 131 Å². The summed E-state index contributed by atoms with van der Waals surface area (Å²) in [4.78, 5) is 5.30. The molecule has 0 heterocycles. The van der Waals surface area contributed by atoms with Crippen molar-refractivity contribution in [1.29, 1.82) is 0 Å². The topological polar surface area (TPSA) is 6.48 Å². The zero-order valence-electron chi connectivity index (χ0n) is 33.6. The standard InChI is InChI=1S/C58H44N2/c1-3-22-42(23-4-1)59(56-32-16-9-20-40-18-7-10-26-46(40)56)44-34-36-50-51-37-35-45(60(43-24-5-2-6-25-43)57-33-17-21-41-19-8-11-27-47(41)57)39-55(51)58(54(50)38-44)52-30-14-12-28-48(52)49-29-13-15-31-53(49)58/h1-11,14,16-19,21-22,24,26-27,29-38,42-43,45H,12,23,25,28,39H2. The summed E-state index contributed by atoms with van der Waals surface area (Å²) in [6.07, 6.45) is 39.5. The van der Waals surface area contributed by atoms with Crippen LogP contribution in [-0.2, 0) is 5.41 Å². The average Bonchev–Trinajstić information content (AvgIpc) is 3.67. The van der Waals surface area contributed by atoms with Crippen molar-refractivity contribution in [1.82, 2.24) is 0 Å². The second kappa shape index (κ2) is 14.1. The zero-order valence-corrected chi connectivity index (χ0v) is 33.6. The maximum absolute atomic E-state index is 3.54. The Morgan fingerprint density at radius 1 is 0.650 bits per heavy atom. The molecule has 0 fully saturated rings. The highest BCUT2D eigenvalue weighted by atomic mass is 15.2. The molecule has 0 amide bonds. The molecule has 0 aromatic heterocycles. The maximum atomic E-state index is 3.54. The van der Waals surface area contributed by atoms with Gasteiger partial charge in [-0.25, -0.2) is 0 Å². The van der Waals surface area contributed by atoms with Crippen molar-refractivity contribution in [2.24, 2.45) is 0 Å². The van der Waals surface area contributed by atoms with Crippen LogP contribution in [0.1, 0.15) is 54.4 Å². The minimum Gasteiger partial charge on any atom is -0.357 e. The fraction of sp³-hybridized carbons (Fsp3) is 0.155. The molecule has 0 bridgehead atoms. The first kappa shape index (κ1) is 35.0. The first-order valence-corrected chi connectivity index (χ1v) is 21.6. The third kappa shape index (κ3) is 5.23. The summed E-state index contributed by atoms with van der Waals surface area (Å²) in [5.74, 6) is 0. The largest absolute Gasteiger partial charge is 0.357 e. The van der Waals surface area contributed by atoms with Crippen molar-refractivity contribution in [3.05, 3.63) is 244 Å². The number of fused-ring (bicyclic) bond motifs is 10. The quantitative estimate of drug-likeness (QED) is 0.170. The number of allylic oxidation sites excluding steroid dienone is 12. The van der Waals surface area contributed by atoms with E-state index in [2.05, 4.69) is 210 Å². The molecule has 286 valence electrons. The Balaban J connectivity index is 1.08. The highest BCUT2D eigenvalue weighted by molar-refractivity contribution is 6.00. The van der Waals surface area contributed by atoms with Crippen LogP contribution in [0.15, 0.2) is 199 Å². The van der Waals surface area contributed by atoms with Crippen LogP contribution in [0.4, 0.5) is 11.4 Å². The van der Waals surface area contributed by atoms with Gasteiger partial charge in [0, 0.05) is 27.2 Å². The number of hydrogen-bond acceptors (Lipinski definition) is 2. The molecule has 4 unspecified atom stereocenters. The number of benzene rings is 4. The van der Waals surface area contributed by atoms with Crippen molar-refractivity contribution in [3.8, 4) is 0 Å². The highest BCUT2D eigenvalue weighted by Crippen LogP contribution is 2.64. The predicted octanol–water partition coefficient (Wildman–Crippen LogP) is 11.3. The molecule has 0 saturated heterocycles. The Morgan fingerprint density at radius 2 is 1.48 bits per heavy atom. The van der Waals surface area contributed by atoms with Gasteiger partial charge in [-0.1, -0.05) is 152 Å². The van der Waals surface area contributed by atoms with Crippen LogP contribution in [0.3, 0.4) is 0 Å². The SMILES string of the molecule is C1=CC=CC(N(c2ccc3c(c2)C2(C4=C(CCC=C4)c4cc#ccc42)C2=C3C=CC(N(c3cccc4ccccc34)C3C=CC=CC3)C2)C2C=CC=CC2)=c2ccccc2=1. The number of anilines is 2. The number of rotatable bonds is 6. The van der Waals surface area contributed by atoms with Crippen LogP contribution in [0.25, 0.3) is 33.3 Å². The highest BCUT2D eigenvalue weighted by Gasteiger charge is 2.55. The minimum atomic E-state index is -0.450. The lowest BCUT2D eigenvalue weighted by Gasteiger charge is -2.43. The summed E-state index contributed by atoms with van der Waals surface area (Å²) < 4.78 is 0. The first-order valence-electron chi connectivity index (χ1n) is 21.6. The Morgan fingerprint density at radius 3 is 2.38 bits per heavy atom. The smallest absolute Gasteiger partial charge is 0.0693 e. The molecule has 2 nitrogen and oxygen atoms in total. The van der Waals surface area contributed by atoms with E-state index in [-0.39, 0.29) is 18.1 Å². The van der Waals surface area contributed by atoms with Gasteiger partial charge in [0.05, 0.1) is 29.2 Å². The van der Waals surface area contributed by atoms with E-state index in [1.54, 1.807) is 0 Å². The average molecular weight is 769 g/mol. The molecule has 5 aromatic rings. The Kier molecular flexibility index (Phi) is 8.19. The zero-order chi connectivity index (χ0) is 39.6. The number of nitrogens with zero attached hydrogens (tertiary/aromatic N) is 2. The molecule has 1 spiro atoms. The molecular weight excluding hydrogens is 725 g/mol. The van der Waals surface area contributed by atoms with E-state index in [1.165, 1.54) is 77.6 Å². The monoisotopic (exact) mass is 768 g/mol. The van der Waals surface area contributed by atoms with Crippen molar-refractivity contribution < 1.29 is 0 Å². The summed E-state index contributed by atoms with van der Waals surface area (Å²) >= 11 is 0. The third-order valence-corrected chi connectivity index (χ3v) is 13.8. The Bertz CT molecular complexity index is 3090. The fourth-order valence-corrected chi connectivity index (χ4v) is 11.4. The van der Waals surface area contributed by atoms with Crippen LogP contribution in [-0.4, -0.2) is 18.1 Å². The molecule has 0 radical (unpaired) electrons. The molecule has 7 aliphatic carbocycles. The molecule has 0 aliphatic heterocycles. The molecule has 2 heteroatoms. The van der Waals surface area contributed by atoms with E-state index in [4.69, 9.17) is 0 Å². The molecule has 5 aromatic carbocycles. The van der Waals surface area contributed by atoms with E-state index in [1.807, 2.05) is 6.08 Å². The summed E-state index contributed by atoms with van der Waals surface area (Å²) in [7, 11) is 0. The van der Waals surface area contributed by atoms with E-state index in [0.29, 0.717) is 0 Å². The van der Waals surface area contributed by atoms with Gasteiger partial charge in [0.2, 0.25) is 0 Å². The Labute approximate surface area is 352 Å². The molecule has 7 aliphatic rings. The van der Waals surface area contributed by atoms with Gasteiger partial charge in [0.15, 0.2) is 0 Å². The normalized spacial score (nSPS) is 23.6. The van der Waals surface area contributed by atoms with Crippen molar-refractivity contribution in [3.63, 3.8) is 0 Å². The van der Waals surface area contributed by atoms with E-state index in [9.17, 15) is 0 Å². The maximum Gasteiger partial charge on any atom is 0.0693 e. The fourth-order valence-electron chi connectivity index (χ4n) is 11.4. The van der Waals surface area contributed by atoms with E-state index >= 15 is 0 Å². The minimum absolute atomic E-state index is 0.142. The van der Waals surface area contributed by atoms with Gasteiger partial charge in [-0.3, -0.25) is 0 Å². The van der Waals surface area contributed by atoms with Gasteiger partial charge < -0.3 is 9.80 Å². The van der Waals surface area contributed by atoms with Crippen molar-refractivity contribution in [2.45, 2.75) is 55.6 Å². The summed E-state index contributed by atoms with van der Waals surface area (Å²) in [5.41, 5.74) is 17.9. The predicted molar refractivity (Wildman–Crippen MR) is 250 cm³/mol. The second-order valence-electron chi connectivity index (χ2n) is 16.8. The van der Waals surface area contributed by atoms with E-state index in [0.717, 1.165) is 37.3 Å². The van der Waals surface area contributed by atoms with Crippen LogP contribution < -0.4 is 20.2 Å². The van der Waals surface area contributed by atoms with Crippen LogP contribution in [0.5, 0.6) is 0 Å². The summed E-state index contributed by atoms with van der Waals surface area (Å²) in [5, 5.41) is 4.88. The van der Waals surface area contributed by atoms with Crippen molar-refractivity contribution in [2.75, 3.05) is 9.80 Å². The van der Waals surface area contributed by atoms with Crippen LogP contribution in [0.2, 0.25) is 0 Å². The first-order chi connectivity index (χ1) is 29.8. The summed E-state index contributed by atoms with van der Waals surface area (Å²) in [6, 6.07) is 43.7. The third-order valence-electron chi connectivity index (χ3n) is 13.8. The van der Waals surface area contributed by atoms with Gasteiger partial charge in [-0.2, -0.15) is 0 Å². The second-order valence-corrected chi connectivity index (χ2v) is 16.8. The lowest BCUT2D eigenvalue weighted by Crippen LogP contribution is -2.44. The van der Waals surface area contributed by atoms with Gasteiger partial charge in [-0.15, -0.1) is 5.73 Å². The van der Waals surface area contributed by atoms with Gasteiger partial charge in [0.1, 0.15) is 0 Å². The Hall–Kier alpha value is -7.04. The van der Waals surface area contributed by atoms with Gasteiger partial charge >= 0.3 is 0 Å². The summed E-state index contributed by atoms with van der Waals surface area (Å²) in [6.45, 7) is 0. The van der Waals surface area contributed by atoms with Gasteiger partial charge in [0.25, 0.3) is 0 Å². The molecule has 4 atom stereocenters.